The number of rotatable bonds is 26. The molecular formula is C49H60N4O14. The Hall–Kier alpha value is -7.18. The first-order valence-electron chi connectivity index (χ1n) is 21.4. The number of nitrogens with one attached hydrogen (secondary N) is 2. The Balaban J connectivity index is 1.38. The van der Waals surface area contributed by atoms with Gasteiger partial charge in [-0.15, -0.1) is 0 Å². The average Bonchev–Trinajstić information content (AvgIpc) is 3.36. The smallest absolute Gasteiger partial charge is 0.349 e. The molecule has 2 N–H and O–H groups in total. The first-order valence-corrected chi connectivity index (χ1v) is 21.4. The van der Waals surface area contributed by atoms with E-state index in [4.69, 9.17) is 47.4 Å². The van der Waals surface area contributed by atoms with Crippen LogP contribution in [0.1, 0.15) is 41.6 Å². The molecule has 0 aliphatic rings. The second-order valence-electron chi connectivity index (χ2n) is 14.9. The van der Waals surface area contributed by atoms with Gasteiger partial charge in [0.1, 0.15) is 11.5 Å². The van der Waals surface area contributed by atoms with Gasteiger partial charge in [0.15, 0.2) is 23.0 Å². The van der Waals surface area contributed by atoms with Crippen LogP contribution in [-0.4, -0.2) is 103 Å². The number of nitrogens with zero attached hydrogens (tertiary/aromatic N) is 2. The summed E-state index contributed by atoms with van der Waals surface area (Å²) in [4.78, 5) is 54.4. The van der Waals surface area contributed by atoms with Crippen molar-refractivity contribution in [3.8, 4) is 46.0 Å². The van der Waals surface area contributed by atoms with Crippen molar-refractivity contribution >= 4 is 11.9 Å². The van der Waals surface area contributed by atoms with E-state index in [2.05, 4.69) is 10.6 Å². The van der Waals surface area contributed by atoms with Crippen molar-refractivity contribution in [2.45, 2.75) is 57.1 Å². The van der Waals surface area contributed by atoms with Crippen molar-refractivity contribution in [1.29, 1.82) is 0 Å². The highest BCUT2D eigenvalue weighted by atomic mass is 16.6. The highest BCUT2D eigenvalue weighted by Gasteiger charge is 2.37. The summed E-state index contributed by atoms with van der Waals surface area (Å²) >= 11 is 0. The van der Waals surface area contributed by atoms with Crippen LogP contribution in [0.4, 0.5) is 0 Å². The van der Waals surface area contributed by atoms with Gasteiger partial charge >= 0.3 is 17.6 Å². The second kappa shape index (κ2) is 24.9. The van der Waals surface area contributed by atoms with Crippen molar-refractivity contribution < 1.29 is 57.0 Å². The molecule has 0 aliphatic carbocycles. The van der Waals surface area contributed by atoms with Crippen molar-refractivity contribution in [3.05, 3.63) is 129 Å². The summed E-state index contributed by atoms with van der Waals surface area (Å²) in [6.07, 6.45) is -0.204. The molecule has 0 bridgehead atoms. The molecule has 1 heterocycles. The molecule has 0 saturated heterocycles. The van der Waals surface area contributed by atoms with Gasteiger partial charge in [0.05, 0.1) is 69.0 Å². The normalized spacial score (nSPS) is 12.7. The molecule has 0 spiro atoms. The number of para-hydroxylation sites is 2. The first-order chi connectivity index (χ1) is 32.5. The fourth-order valence-electron chi connectivity index (χ4n) is 7.68. The van der Waals surface area contributed by atoms with Gasteiger partial charge in [-0.2, -0.15) is 0 Å². The zero-order valence-corrected chi connectivity index (χ0v) is 39.3. The van der Waals surface area contributed by atoms with Crippen molar-refractivity contribution in [3.63, 3.8) is 0 Å². The predicted octanol–water partition coefficient (Wildman–Crippen LogP) is 5.05. The van der Waals surface area contributed by atoms with Gasteiger partial charge in [0, 0.05) is 36.0 Å². The molecule has 5 aromatic rings. The summed E-state index contributed by atoms with van der Waals surface area (Å²) in [5.74, 6) is 1.61. The number of aromatic nitrogens is 2. The van der Waals surface area contributed by atoms with Gasteiger partial charge in [-0.25, -0.2) is 14.4 Å². The Kier molecular flexibility index (Phi) is 18.9. The van der Waals surface area contributed by atoms with E-state index in [-0.39, 0.29) is 32.6 Å². The molecule has 0 aliphatic heterocycles. The SMILES string of the molecule is COC(=O)C(Oc1ccccc1)C(NCCCn1cc(C)c(=O)n(CCCNC(c2ccc(OC)c(OC)c2OC)C(Oc2ccccc2)C(=O)OC)c1=O)c1ccc(OC)c(OC)c1OC. The minimum absolute atomic E-state index is 0.0433. The van der Waals surface area contributed by atoms with Crippen LogP contribution in [-0.2, 0) is 32.2 Å². The van der Waals surface area contributed by atoms with Crippen LogP contribution in [0.15, 0.2) is 101 Å². The van der Waals surface area contributed by atoms with E-state index in [0.29, 0.717) is 69.1 Å². The molecule has 4 unspecified atom stereocenters. The van der Waals surface area contributed by atoms with Gasteiger partial charge in [-0.05, 0) is 81.4 Å². The molecule has 18 nitrogen and oxygen atoms in total. The van der Waals surface area contributed by atoms with E-state index < -0.39 is 47.5 Å². The highest BCUT2D eigenvalue weighted by Crippen LogP contribution is 2.44. The number of esters is 2. The number of hydrogen-bond acceptors (Lipinski definition) is 16. The minimum Gasteiger partial charge on any atom is -0.493 e. The number of benzene rings is 4. The average molecular weight is 929 g/mol. The molecule has 0 amide bonds. The summed E-state index contributed by atoms with van der Waals surface area (Å²) in [6, 6.07) is 22.8. The first kappa shape index (κ1) is 50.8. The Morgan fingerprint density at radius 2 is 0.955 bits per heavy atom. The third-order valence-electron chi connectivity index (χ3n) is 10.9. The van der Waals surface area contributed by atoms with Crippen LogP contribution in [0.3, 0.4) is 0 Å². The van der Waals surface area contributed by atoms with Gasteiger partial charge in [0.25, 0.3) is 5.56 Å². The Bertz CT molecular complexity index is 2510. The molecule has 0 radical (unpaired) electrons. The van der Waals surface area contributed by atoms with Gasteiger partial charge < -0.3 is 62.6 Å². The quantitative estimate of drug-likeness (QED) is 0.0552. The molecular weight excluding hydrogens is 869 g/mol. The number of hydrogen-bond donors (Lipinski definition) is 2. The van der Waals surface area contributed by atoms with E-state index in [1.54, 1.807) is 79.7 Å². The van der Waals surface area contributed by atoms with Crippen molar-refractivity contribution in [2.75, 3.05) is 70.0 Å². The van der Waals surface area contributed by atoms with E-state index in [9.17, 15) is 19.2 Å². The molecule has 5 rings (SSSR count). The van der Waals surface area contributed by atoms with Crippen molar-refractivity contribution in [2.24, 2.45) is 0 Å². The number of ether oxygens (including phenoxy) is 10. The second-order valence-corrected chi connectivity index (χ2v) is 14.9. The van der Waals surface area contributed by atoms with Crippen molar-refractivity contribution in [1.82, 2.24) is 19.8 Å². The maximum atomic E-state index is 14.0. The Morgan fingerprint density at radius 1 is 0.537 bits per heavy atom. The topological polar surface area (TPSA) is 194 Å². The summed E-state index contributed by atoms with van der Waals surface area (Å²) in [5, 5.41) is 6.82. The molecule has 4 atom stereocenters. The van der Waals surface area contributed by atoms with E-state index in [1.165, 1.54) is 72.2 Å². The fourth-order valence-corrected chi connectivity index (χ4v) is 7.68. The lowest BCUT2D eigenvalue weighted by Gasteiger charge is -2.29. The number of methoxy groups -OCH3 is 8. The summed E-state index contributed by atoms with van der Waals surface area (Å²) in [7, 11) is 11.5. The van der Waals surface area contributed by atoms with E-state index in [1.807, 2.05) is 12.1 Å². The standard InChI is InChI=1S/C49H60N4O14/c1-31-30-52(28-16-26-50-38(34-22-24-36(58-2)42(62-6)40(34)60-4)44(47(55)64-8)66-32-18-12-10-13-19-32)49(57)53(46(31)54)29-17-27-51-39(35-23-25-37(59-3)43(63-7)41(35)61-5)45(48(56)65-9)67-33-20-14-11-15-21-33/h10-15,18-25,30,38-39,44-45,50-51H,16-17,26-29H2,1-9H3. The van der Waals surface area contributed by atoms with Crippen LogP contribution in [0.2, 0.25) is 0 Å². The number of aryl methyl sites for hydroxylation is 2. The molecule has 67 heavy (non-hydrogen) atoms. The lowest BCUT2D eigenvalue weighted by molar-refractivity contribution is -0.151. The minimum atomic E-state index is -1.22. The Morgan fingerprint density at radius 3 is 1.34 bits per heavy atom. The van der Waals surface area contributed by atoms with Crippen LogP contribution < -0.4 is 59.8 Å². The predicted molar refractivity (Wildman–Crippen MR) is 248 cm³/mol. The number of carbonyl (C=O) groups is 2. The third-order valence-corrected chi connectivity index (χ3v) is 10.9. The third kappa shape index (κ3) is 12.2. The summed E-state index contributed by atoms with van der Waals surface area (Å²) < 4.78 is 59.5. The monoisotopic (exact) mass is 928 g/mol. The van der Waals surface area contributed by atoms with E-state index >= 15 is 0 Å². The zero-order valence-electron chi connectivity index (χ0n) is 39.3. The van der Waals surface area contributed by atoms with E-state index in [0.717, 1.165) is 0 Å². The van der Waals surface area contributed by atoms with Gasteiger partial charge in [-0.1, -0.05) is 36.4 Å². The molecule has 360 valence electrons. The molecule has 4 aromatic carbocycles. The van der Waals surface area contributed by atoms with Crippen LogP contribution in [0.5, 0.6) is 46.0 Å². The molecule has 1 aromatic heterocycles. The largest absolute Gasteiger partial charge is 0.493 e. The summed E-state index contributed by atoms with van der Waals surface area (Å²) in [5.41, 5.74) is 0.457. The lowest BCUT2D eigenvalue weighted by Crippen LogP contribution is -2.44. The van der Waals surface area contributed by atoms with Gasteiger partial charge in [0.2, 0.25) is 23.7 Å². The van der Waals surface area contributed by atoms with Crippen LogP contribution >= 0.6 is 0 Å². The molecule has 0 fully saturated rings. The van der Waals surface area contributed by atoms with Crippen LogP contribution in [0, 0.1) is 6.92 Å². The maximum Gasteiger partial charge on any atom is 0.349 e. The highest BCUT2D eigenvalue weighted by molar-refractivity contribution is 5.77. The van der Waals surface area contributed by atoms with Crippen LogP contribution in [0.25, 0.3) is 0 Å². The number of carbonyl (C=O) groups excluding carboxylic acids is 2. The molecule has 0 saturated carbocycles. The summed E-state index contributed by atoms with van der Waals surface area (Å²) in [6.45, 7) is 2.39. The lowest BCUT2D eigenvalue weighted by atomic mass is 9.98. The molecule has 18 heteroatoms. The fraction of sp³-hybridized carbons (Fsp3) is 0.388. The Labute approximate surface area is 389 Å². The maximum absolute atomic E-state index is 14.0. The van der Waals surface area contributed by atoms with Gasteiger partial charge in [-0.3, -0.25) is 9.36 Å². The zero-order chi connectivity index (χ0) is 48.5.